The van der Waals surface area contributed by atoms with Crippen LogP contribution in [0.15, 0.2) is 46.7 Å². The molecule has 1 saturated heterocycles. The van der Waals surface area contributed by atoms with Crippen molar-refractivity contribution < 1.29 is 9.53 Å². The quantitative estimate of drug-likeness (QED) is 0.623. The van der Waals surface area contributed by atoms with Crippen LogP contribution in [-0.4, -0.2) is 24.1 Å². The van der Waals surface area contributed by atoms with E-state index in [1.165, 1.54) is 11.3 Å². The Kier molecular flexibility index (Phi) is 6.77. The van der Waals surface area contributed by atoms with E-state index in [9.17, 15) is 9.59 Å². The van der Waals surface area contributed by atoms with Crippen molar-refractivity contribution in [2.75, 3.05) is 13.2 Å². The summed E-state index contributed by atoms with van der Waals surface area (Å²) in [6, 6.07) is 9.26. The third-order valence-electron chi connectivity index (χ3n) is 5.38. The maximum absolute atomic E-state index is 13.0. The largest absolute Gasteiger partial charge is 0.381 e. The van der Waals surface area contributed by atoms with Gasteiger partial charge >= 0.3 is 0 Å². The fourth-order valence-electron chi connectivity index (χ4n) is 3.66. The van der Waals surface area contributed by atoms with Gasteiger partial charge in [-0.15, -0.1) is 11.3 Å². The number of nitrogens with one attached hydrogen (secondary N) is 1. The predicted molar refractivity (Wildman–Crippen MR) is 120 cm³/mol. The minimum atomic E-state index is -0.181. The summed E-state index contributed by atoms with van der Waals surface area (Å²) in [5, 5.41) is 5.87. The molecular formula is C23H23ClN2O3S. The molecule has 7 heteroatoms. The molecular weight excluding hydrogens is 420 g/mol. The van der Waals surface area contributed by atoms with Crippen LogP contribution in [0.2, 0.25) is 5.02 Å². The summed E-state index contributed by atoms with van der Waals surface area (Å²) in [6.45, 7) is 2.00. The molecule has 30 heavy (non-hydrogen) atoms. The van der Waals surface area contributed by atoms with Crippen molar-refractivity contribution in [3.8, 4) is 0 Å². The second-order valence-electron chi connectivity index (χ2n) is 7.63. The number of benzene rings is 1. The van der Waals surface area contributed by atoms with Crippen molar-refractivity contribution in [2.24, 2.45) is 5.92 Å². The lowest BCUT2D eigenvalue weighted by atomic mass is 9.93. The molecule has 2 aromatic heterocycles. The molecule has 1 aliphatic rings. The highest BCUT2D eigenvalue weighted by molar-refractivity contribution is 7.16. The Balaban J connectivity index is 1.45. The third-order valence-corrected chi connectivity index (χ3v) is 6.58. The minimum absolute atomic E-state index is 0.0586. The average molecular weight is 443 g/mol. The molecule has 156 valence electrons. The molecule has 3 aromatic rings. The summed E-state index contributed by atoms with van der Waals surface area (Å²) in [4.78, 5) is 30.5. The smallest absolute Gasteiger partial charge is 0.224 e. The van der Waals surface area contributed by atoms with E-state index >= 15 is 0 Å². The molecule has 0 aliphatic carbocycles. The molecule has 1 aromatic carbocycles. The molecule has 5 nitrogen and oxygen atoms in total. The van der Waals surface area contributed by atoms with Crippen LogP contribution < -0.4 is 10.7 Å². The van der Waals surface area contributed by atoms with Gasteiger partial charge in [-0.05, 0) is 54.5 Å². The first-order valence-electron chi connectivity index (χ1n) is 10.1. The first-order chi connectivity index (χ1) is 14.6. The van der Waals surface area contributed by atoms with E-state index in [1.54, 1.807) is 17.5 Å². The van der Waals surface area contributed by atoms with Crippen LogP contribution in [0.5, 0.6) is 0 Å². The standard InChI is InChI=1S/C23H23ClN2O3S/c24-19-3-1-16(2-4-19)12-25-21(27)11-18-14-30-23-20(22(18)28)10-17(13-26-23)9-15-5-7-29-8-6-15/h1-4,10,13-15H,5-9,11-12H2,(H,25,27). The first kappa shape index (κ1) is 21.0. The molecule has 0 unspecified atom stereocenters. The Morgan fingerprint density at radius 2 is 1.97 bits per heavy atom. The minimum Gasteiger partial charge on any atom is -0.381 e. The molecule has 0 atom stereocenters. The maximum atomic E-state index is 13.0. The van der Waals surface area contributed by atoms with Crippen LogP contribution in [0.1, 0.15) is 29.5 Å². The normalized spacial score (nSPS) is 14.7. The summed E-state index contributed by atoms with van der Waals surface area (Å²) < 4.78 is 5.43. The van der Waals surface area contributed by atoms with Gasteiger partial charge in [-0.1, -0.05) is 23.7 Å². The van der Waals surface area contributed by atoms with Gasteiger partial charge in [-0.25, -0.2) is 4.98 Å². The zero-order chi connectivity index (χ0) is 20.9. The molecule has 0 radical (unpaired) electrons. The zero-order valence-electron chi connectivity index (χ0n) is 16.5. The number of ether oxygens (including phenoxy) is 1. The van der Waals surface area contributed by atoms with Crippen LogP contribution >= 0.6 is 22.9 Å². The fraction of sp³-hybridized carbons (Fsp3) is 0.348. The summed E-state index contributed by atoms with van der Waals surface area (Å²) >= 11 is 7.29. The molecule has 3 heterocycles. The van der Waals surface area contributed by atoms with E-state index in [-0.39, 0.29) is 17.8 Å². The van der Waals surface area contributed by atoms with Crippen molar-refractivity contribution in [3.63, 3.8) is 0 Å². The number of halogens is 1. The van der Waals surface area contributed by atoms with Crippen molar-refractivity contribution in [2.45, 2.75) is 32.2 Å². The van der Waals surface area contributed by atoms with Gasteiger partial charge in [0.25, 0.3) is 0 Å². The van der Waals surface area contributed by atoms with Crippen LogP contribution in [0.25, 0.3) is 10.2 Å². The van der Waals surface area contributed by atoms with Crippen molar-refractivity contribution in [1.29, 1.82) is 0 Å². The maximum Gasteiger partial charge on any atom is 0.224 e. The average Bonchev–Trinajstić information content (AvgIpc) is 2.76. The highest BCUT2D eigenvalue weighted by Crippen LogP contribution is 2.22. The molecule has 1 N–H and O–H groups in total. The van der Waals surface area contributed by atoms with Gasteiger partial charge in [0, 0.05) is 41.9 Å². The van der Waals surface area contributed by atoms with Gasteiger partial charge in [0.1, 0.15) is 4.83 Å². The number of aromatic nitrogens is 1. The Labute approximate surface area is 184 Å². The van der Waals surface area contributed by atoms with Gasteiger partial charge in [0.2, 0.25) is 5.91 Å². The second-order valence-corrected chi connectivity index (χ2v) is 8.92. The number of carbonyl (C=O) groups excluding carboxylic acids is 1. The fourth-order valence-corrected chi connectivity index (χ4v) is 4.62. The number of hydrogen-bond donors (Lipinski definition) is 1. The van der Waals surface area contributed by atoms with Gasteiger partial charge < -0.3 is 10.1 Å². The number of fused-ring (bicyclic) bond motifs is 1. The van der Waals surface area contributed by atoms with Gasteiger partial charge in [-0.2, -0.15) is 0 Å². The van der Waals surface area contributed by atoms with Crippen LogP contribution in [0.3, 0.4) is 0 Å². The van der Waals surface area contributed by atoms with Gasteiger partial charge in [0.15, 0.2) is 5.43 Å². The van der Waals surface area contributed by atoms with E-state index < -0.39 is 0 Å². The van der Waals surface area contributed by atoms with E-state index in [0.29, 0.717) is 33.3 Å². The third kappa shape index (κ3) is 5.25. The zero-order valence-corrected chi connectivity index (χ0v) is 18.1. The SMILES string of the molecule is O=C(Cc1csc2ncc(CC3CCOCC3)cc2c1=O)NCc1ccc(Cl)cc1. The lowest BCUT2D eigenvalue weighted by Gasteiger charge is -2.21. The van der Waals surface area contributed by atoms with Crippen LogP contribution in [0.4, 0.5) is 0 Å². The van der Waals surface area contributed by atoms with Crippen LogP contribution in [-0.2, 0) is 28.9 Å². The summed E-state index contributed by atoms with van der Waals surface area (Å²) in [5.41, 5.74) is 2.43. The molecule has 1 aliphatic heterocycles. The molecule has 0 saturated carbocycles. The van der Waals surface area contributed by atoms with E-state index in [2.05, 4.69) is 10.3 Å². The highest BCUT2D eigenvalue weighted by Gasteiger charge is 2.16. The van der Waals surface area contributed by atoms with E-state index in [4.69, 9.17) is 16.3 Å². The van der Waals surface area contributed by atoms with Crippen molar-refractivity contribution in [3.05, 3.63) is 73.8 Å². The topological polar surface area (TPSA) is 68.3 Å². The number of carbonyl (C=O) groups is 1. The molecule has 0 spiro atoms. The molecule has 4 rings (SSSR count). The molecule has 1 amide bonds. The summed E-state index contributed by atoms with van der Waals surface area (Å²) in [7, 11) is 0. The molecule has 1 fully saturated rings. The first-order valence-corrected chi connectivity index (χ1v) is 11.3. The Morgan fingerprint density at radius 3 is 2.73 bits per heavy atom. The lowest BCUT2D eigenvalue weighted by Crippen LogP contribution is -2.26. The number of nitrogens with zero attached hydrogens (tertiary/aromatic N) is 1. The number of rotatable bonds is 6. The van der Waals surface area contributed by atoms with Gasteiger partial charge in [0.05, 0.1) is 11.8 Å². The Bertz CT molecular complexity index is 1090. The molecule has 0 bridgehead atoms. The Morgan fingerprint density at radius 1 is 1.20 bits per heavy atom. The number of amides is 1. The highest BCUT2D eigenvalue weighted by atomic mass is 35.5. The lowest BCUT2D eigenvalue weighted by molar-refractivity contribution is -0.120. The van der Waals surface area contributed by atoms with E-state index in [1.807, 2.05) is 24.4 Å². The Hall–Kier alpha value is -2.28. The second kappa shape index (κ2) is 9.69. The van der Waals surface area contributed by atoms with E-state index in [0.717, 1.165) is 43.6 Å². The predicted octanol–water partition coefficient (Wildman–Crippen LogP) is 4.14. The van der Waals surface area contributed by atoms with Crippen molar-refractivity contribution in [1.82, 2.24) is 10.3 Å². The number of pyridine rings is 1. The monoisotopic (exact) mass is 442 g/mol. The summed E-state index contributed by atoms with van der Waals surface area (Å²) in [5.74, 6) is 0.388. The van der Waals surface area contributed by atoms with Gasteiger partial charge in [-0.3, -0.25) is 9.59 Å². The summed E-state index contributed by atoms with van der Waals surface area (Å²) in [6.07, 6.45) is 4.91. The van der Waals surface area contributed by atoms with Crippen molar-refractivity contribution >= 4 is 39.1 Å². The van der Waals surface area contributed by atoms with Crippen LogP contribution in [0, 0.1) is 5.92 Å². The number of hydrogen-bond acceptors (Lipinski definition) is 5.